The molecule has 2 aromatic heterocycles. The number of hydrogen-bond acceptors (Lipinski definition) is 5. The van der Waals surface area contributed by atoms with Gasteiger partial charge in [-0.1, -0.05) is 30.3 Å². The molecular weight excluding hydrogens is 391 g/mol. The molecule has 2 aromatic carbocycles. The van der Waals surface area contributed by atoms with E-state index in [0.29, 0.717) is 27.1 Å². The summed E-state index contributed by atoms with van der Waals surface area (Å²) in [6.07, 6.45) is 1.35. The number of carbonyl (C=O) groups is 1. The van der Waals surface area contributed by atoms with Gasteiger partial charge in [0.25, 0.3) is 5.56 Å². The van der Waals surface area contributed by atoms with Crippen molar-refractivity contribution in [3.05, 3.63) is 81.5 Å². The van der Waals surface area contributed by atoms with Crippen LogP contribution in [0.4, 0.5) is 4.39 Å². The van der Waals surface area contributed by atoms with Crippen LogP contribution in [0.2, 0.25) is 0 Å². The predicted molar refractivity (Wildman–Crippen MR) is 111 cm³/mol. The fraction of sp³-hybridized carbons (Fsp3) is 0.136. The average molecular weight is 408 g/mol. The molecule has 0 fully saturated rings. The Morgan fingerprint density at radius 2 is 1.83 bits per heavy atom. The first kappa shape index (κ1) is 19.0. The molecule has 0 radical (unpaired) electrons. The molecule has 146 valence electrons. The first-order valence-corrected chi connectivity index (χ1v) is 9.81. The van der Waals surface area contributed by atoms with Gasteiger partial charge in [0.05, 0.1) is 11.7 Å². The van der Waals surface area contributed by atoms with Gasteiger partial charge in [-0.25, -0.2) is 14.2 Å². The number of esters is 1. The third-order valence-electron chi connectivity index (χ3n) is 4.64. The molecule has 0 saturated carbocycles. The van der Waals surface area contributed by atoms with Crippen molar-refractivity contribution >= 4 is 27.5 Å². The van der Waals surface area contributed by atoms with Crippen molar-refractivity contribution in [2.24, 2.45) is 0 Å². The molecule has 0 saturated heterocycles. The number of fused-ring (bicyclic) bond motifs is 1. The minimum absolute atomic E-state index is 0.256. The molecule has 0 N–H and O–H groups in total. The maximum absolute atomic E-state index is 13.2. The normalized spacial score (nSPS) is 11.0. The quantitative estimate of drug-likeness (QED) is 0.369. The van der Waals surface area contributed by atoms with Crippen molar-refractivity contribution in [1.82, 2.24) is 9.55 Å². The van der Waals surface area contributed by atoms with E-state index < -0.39 is 5.97 Å². The van der Waals surface area contributed by atoms with Gasteiger partial charge in [-0.05, 0) is 42.7 Å². The number of benzene rings is 2. The van der Waals surface area contributed by atoms with Crippen LogP contribution < -0.4 is 10.3 Å². The fourth-order valence-electron chi connectivity index (χ4n) is 3.17. The molecule has 0 aliphatic rings. The summed E-state index contributed by atoms with van der Waals surface area (Å²) in [5.41, 5.74) is 2.73. The lowest BCUT2D eigenvalue weighted by Gasteiger charge is -2.11. The number of ether oxygens (including phenoxy) is 1. The van der Waals surface area contributed by atoms with Crippen molar-refractivity contribution in [3.8, 4) is 16.9 Å². The predicted octanol–water partition coefficient (Wildman–Crippen LogP) is 4.49. The summed E-state index contributed by atoms with van der Waals surface area (Å²) in [6, 6.07) is 11.5. The van der Waals surface area contributed by atoms with E-state index in [1.807, 2.05) is 37.4 Å². The number of halogens is 1. The van der Waals surface area contributed by atoms with Gasteiger partial charge < -0.3 is 4.74 Å². The van der Waals surface area contributed by atoms with Crippen molar-refractivity contribution < 1.29 is 13.9 Å². The zero-order valence-electron chi connectivity index (χ0n) is 15.8. The van der Waals surface area contributed by atoms with Gasteiger partial charge in [-0.2, -0.15) is 0 Å². The molecule has 5 nitrogen and oxygen atoms in total. The van der Waals surface area contributed by atoms with E-state index in [2.05, 4.69) is 4.98 Å². The SMILES string of the molecule is Cc1cccc(C)c1OC(=O)Cn1cnc2scc(-c3ccc(F)cc3)c2c1=O. The van der Waals surface area contributed by atoms with Crippen LogP contribution in [-0.4, -0.2) is 15.5 Å². The number of thiophene rings is 1. The highest BCUT2D eigenvalue weighted by Crippen LogP contribution is 2.30. The number of hydrogen-bond donors (Lipinski definition) is 0. The van der Waals surface area contributed by atoms with E-state index in [1.54, 1.807) is 12.1 Å². The Morgan fingerprint density at radius 1 is 1.14 bits per heavy atom. The van der Waals surface area contributed by atoms with Crippen LogP contribution in [0.3, 0.4) is 0 Å². The van der Waals surface area contributed by atoms with E-state index in [0.717, 1.165) is 11.1 Å². The van der Waals surface area contributed by atoms with E-state index in [9.17, 15) is 14.0 Å². The molecule has 7 heteroatoms. The Hall–Kier alpha value is -3.32. The first-order chi connectivity index (χ1) is 13.9. The number of aromatic nitrogens is 2. The lowest BCUT2D eigenvalue weighted by atomic mass is 10.1. The smallest absolute Gasteiger partial charge is 0.331 e. The molecule has 0 bridgehead atoms. The standard InChI is InChI=1S/C22H17FN2O3S/c1-13-4-3-5-14(2)20(13)28-18(26)10-25-12-24-21-19(22(25)27)17(11-29-21)15-6-8-16(23)9-7-15/h3-9,11-12H,10H2,1-2H3. The lowest BCUT2D eigenvalue weighted by Crippen LogP contribution is -2.27. The number of nitrogens with zero attached hydrogens (tertiary/aromatic N) is 2. The number of para-hydroxylation sites is 1. The van der Waals surface area contributed by atoms with Crippen molar-refractivity contribution in [2.75, 3.05) is 0 Å². The second-order valence-corrected chi connectivity index (χ2v) is 7.57. The summed E-state index contributed by atoms with van der Waals surface area (Å²) in [5, 5.41) is 2.22. The van der Waals surface area contributed by atoms with Gasteiger partial charge in [0.1, 0.15) is 22.9 Å². The molecule has 29 heavy (non-hydrogen) atoms. The van der Waals surface area contributed by atoms with Crippen LogP contribution in [0.5, 0.6) is 5.75 Å². The molecule has 0 aliphatic carbocycles. The van der Waals surface area contributed by atoms with Gasteiger partial charge in [0.15, 0.2) is 0 Å². The number of aryl methyl sites for hydroxylation is 2. The summed E-state index contributed by atoms with van der Waals surface area (Å²) in [7, 11) is 0. The summed E-state index contributed by atoms with van der Waals surface area (Å²) in [5.74, 6) is -0.399. The number of rotatable bonds is 4. The zero-order valence-corrected chi connectivity index (χ0v) is 16.6. The highest BCUT2D eigenvalue weighted by molar-refractivity contribution is 7.17. The van der Waals surface area contributed by atoms with E-state index in [1.165, 1.54) is 34.4 Å². The largest absolute Gasteiger partial charge is 0.425 e. The van der Waals surface area contributed by atoms with Crippen LogP contribution in [0.25, 0.3) is 21.3 Å². The molecular formula is C22H17FN2O3S. The van der Waals surface area contributed by atoms with Gasteiger partial charge in [0.2, 0.25) is 0 Å². The maximum atomic E-state index is 13.2. The molecule has 0 spiro atoms. The molecule has 2 heterocycles. The monoisotopic (exact) mass is 408 g/mol. The van der Waals surface area contributed by atoms with E-state index in [-0.39, 0.29) is 17.9 Å². The minimum atomic E-state index is -0.552. The average Bonchev–Trinajstić information content (AvgIpc) is 3.13. The van der Waals surface area contributed by atoms with Gasteiger partial charge in [-0.3, -0.25) is 9.36 Å². The lowest BCUT2D eigenvalue weighted by molar-refractivity contribution is -0.135. The molecule has 0 amide bonds. The summed E-state index contributed by atoms with van der Waals surface area (Å²) >= 11 is 1.33. The first-order valence-electron chi connectivity index (χ1n) is 8.93. The van der Waals surface area contributed by atoms with Crippen LogP contribution in [0.15, 0.2) is 59.0 Å². The molecule has 4 aromatic rings. The van der Waals surface area contributed by atoms with E-state index >= 15 is 0 Å². The second kappa shape index (κ2) is 7.60. The Kier molecular flexibility index (Phi) is 4.98. The highest BCUT2D eigenvalue weighted by atomic mass is 32.1. The Labute approximate surface area is 170 Å². The maximum Gasteiger partial charge on any atom is 0.331 e. The minimum Gasteiger partial charge on any atom is -0.425 e. The molecule has 0 unspecified atom stereocenters. The van der Waals surface area contributed by atoms with E-state index in [4.69, 9.17) is 4.74 Å². The molecule has 0 aliphatic heterocycles. The van der Waals surface area contributed by atoms with Crippen molar-refractivity contribution in [3.63, 3.8) is 0 Å². The zero-order chi connectivity index (χ0) is 20.5. The molecule has 4 rings (SSSR count). The summed E-state index contributed by atoms with van der Waals surface area (Å²) in [6.45, 7) is 3.46. The fourth-order valence-corrected chi connectivity index (χ4v) is 4.07. The van der Waals surface area contributed by atoms with Gasteiger partial charge >= 0.3 is 5.97 Å². The van der Waals surface area contributed by atoms with Gasteiger partial charge in [0, 0.05) is 10.9 Å². The Balaban J connectivity index is 1.67. The second-order valence-electron chi connectivity index (χ2n) is 6.71. The van der Waals surface area contributed by atoms with Crippen molar-refractivity contribution in [1.29, 1.82) is 0 Å². The topological polar surface area (TPSA) is 61.2 Å². The number of carbonyl (C=O) groups excluding carboxylic acids is 1. The Morgan fingerprint density at radius 3 is 2.52 bits per heavy atom. The third-order valence-corrected chi connectivity index (χ3v) is 5.53. The van der Waals surface area contributed by atoms with Crippen LogP contribution in [-0.2, 0) is 11.3 Å². The van der Waals surface area contributed by atoms with Crippen LogP contribution in [0.1, 0.15) is 11.1 Å². The van der Waals surface area contributed by atoms with Gasteiger partial charge in [-0.15, -0.1) is 11.3 Å². The van der Waals surface area contributed by atoms with Crippen LogP contribution in [0, 0.1) is 19.7 Å². The molecule has 0 atom stereocenters. The highest BCUT2D eigenvalue weighted by Gasteiger charge is 2.16. The third kappa shape index (κ3) is 3.69. The van der Waals surface area contributed by atoms with Crippen LogP contribution >= 0.6 is 11.3 Å². The Bertz CT molecular complexity index is 1260. The summed E-state index contributed by atoms with van der Waals surface area (Å²) in [4.78, 5) is 30.3. The van der Waals surface area contributed by atoms with Crippen molar-refractivity contribution in [2.45, 2.75) is 20.4 Å². The summed E-state index contributed by atoms with van der Waals surface area (Å²) < 4.78 is 20.0.